The predicted octanol–water partition coefficient (Wildman–Crippen LogP) is 3.52. The second-order valence-electron chi connectivity index (χ2n) is 4.32. The maximum Gasteiger partial charge on any atom is 0.132 e. The van der Waals surface area contributed by atoms with Crippen LogP contribution in [-0.4, -0.2) is 16.4 Å². The average molecular weight is 320 g/mol. The molecule has 3 heterocycles. The summed E-state index contributed by atoms with van der Waals surface area (Å²) in [4.78, 5) is 4.57. The fourth-order valence-corrected chi connectivity index (χ4v) is 2.64. The molecule has 0 radical (unpaired) electrons. The SMILES string of the molecule is CNc1ccn2c(CCc3ccco3)nc(Br)c2c1. The summed E-state index contributed by atoms with van der Waals surface area (Å²) in [6.45, 7) is 0. The standard InChI is InChI=1S/C14H14BrN3O/c1-16-10-6-7-18-12(9-10)14(15)17-13(18)5-4-11-3-2-8-19-11/h2-3,6-9,16H,4-5H2,1H3. The van der Waals surface area contributed by atoms with Crippen LogP contribution in [0.2, 0.25) is 0 Å². The first kappa shape index (κ1) is 12.3. The van der Waals surface area contributed by atoms with Crippen molar-refractivity contribution in [3.8, 4) is 0 Å². The van der Waals surface area contributed by atoms with Crippen molar-refractivity contribution in [2.45, 2.75) is 12.8 Å². The van der Waals surface area contributed by atoms with Gasteiger partial charge < -0.3 is 14.1 Å². The zero-order valence-electron chi connectivity index (χ0n) is 10.6. The summed E-state index contributed by atoms with van der Waals surface area (Å²) in [6, 6.07) is 8.02. The zero-order valence-corrected chi connectivity index (χ0v) is 12.1. The molecule has 0 bridgehead atoms. The molecule has 4 nitrogen and oxygen atoms in total. The summed E-state index contributed by atoms with van der Waals surface area (Å²) in [5.74, 6) is 2.01. The topological polar surface area (TPSA) is 42.5 Å². The number of halogens is 1. The van der Waals surface area contributed by atoms with Crippen LogP contribution in [0.3, 0.4) is 0 Å². The lowest BCUT2D eigenvalue weighted by atomic mass is 10.2. The van der Waals surface area contributed by atoms with Gasteiger partial charge in [0.25, 0.3) is 0 Å². The summed E-state index contributed by atoms with van der Waals surface area (Å²) in [5, 5.41) is 3.13. The average Bonchev–Trinajstić information content (AvgIpc) is 3.05. The van der Waals surface area contributed by atoms with Crippen molar-refractivity contribution < 1.29 is 4.42 Å². The molecule has 0 aromatic carbocycles. The van der Waals surface area contributed by atoms with Crippen LogP contribution >= 0.6 is 15.9 Å². The van der Waals surface area contributed by atoms with Crippen molar-refractivity contribution in [1.82, 2.24) is 9.38 Å². The van der Waals surface area contributed by atoms with Gasteiger partial charge in [0.1, 0.15) is 16.2 Å². The van der Waals surface area contributed by atoms with Crippen LogP contribution in [0.5, 0.6) is 0 Å². The summed E-state index contributed by atoms with van der Waals surface area (Å²) >= 11 is 3.52. The van der Waals surface area contributed by atoms with Gasteiger partial charge in [0.05, 0.1) is 11.8 Å². The van der Waals surface area contributed by atoms with Gasteiger partial charge in [0.15, 0.2) is 0 Å². The van der Waals surface area contributed by atoms with Crippen molar-refractivity contribution in [2.24, 2.45) is 0 Å². The van der Waals surface area contributed by atoms with E-state index >= 15 is 0 Å². The van der Waals surface area contributed by atoms with Gasteiger partial charge in [-0.25, -0.2) is 4.98 Å². The van der Waals surface area contributed by atoms with Gasteiger partial charge in [0.2, 0.25) is 0 Å². The molecule has 3 aromatic heterocycles. The van der Waals surface area contributed by atoms with E-state index < -0.39 is 0 Å². The second kappa shape index (κ2) is 5.09. The Morgan fingerprint density at radius 2 is 2.26 bits per heavy atom. The molecule has 0 aliphatic rings. The Bertz CT molecular complexity index is 688. The minimum absolute atomic E-state index is 0.846. The number of aryl methyl sites for hydroxylation is 2. The van der Waals surface area contributed by atoms with Crippen molar-refractivity contribution in [2.75, 3.05) is 12.4 Å². The highest BCUT2D eigenvalue weighted by molar-refractivity contribution is 9.10. The van der Waals surface area contributed by atoms with E-state index in [1.54, 1.807) is 6.26 Å². The minimum atomic E-state index is 0.846. The molecule has 1 N–H and O–H groups in total. The molecule has 0 aliphatic heterocycles. The lowest BCUT2D eigenvalue weighted by molar-refractivity contribution is 0.506. The Morgan fingerprint density at radius 3 is 3.00 bits per heavy atom. The number of nitrogens with one attached hydrogen (secondary N) is 1. The van der Waals surface area contributed by atoms with Crippen molar-refractivity contribution in [1.29, 1.82) is 0 Å². The summed E-state index contributed by atoms with van der Waals surface area (Å²) in [6.07, 6.45) is 5.44. The molecule has 98 valence electrons. The van der Waals surface area contributed by atoms with E-state index in [0.29, 0.717) is 0 Å². The lowest BCUT2D eigenvalue weighted by Gasteiger charge is -2.03. The number of imidazole rings is 1. The summed E-state index contributed by atoms with van der Waals surface area (Å²) in [7, 11) is 1.91. The summed E-state index contributed by atoms with van der Waals surface area (Å²) < 4.78 is 8.33. The Morgan fingerprint density at radius 1 is 1.37 bits per heavy atom. The lowest BCUT2D eigenvalue weighted by Crippen LogP contribution is -1.98. The summed E-state index contributed by atoms with van der Waals surface area (Å²) in [5.41, 5.74) is 2.15. The number of hydrogen-bond acceptors (Lipinski definition) is 3. The number of hydrogen-bond donors (Lipinski definition) is 1. The van der Waals surface area contributed by atoms with E-state index in [0.717, 1.165) is 40.2 Å². The number of fused-ring (bicyclic) bond motifs is 1. The quantitative estimate of drug-likeness (QED) is 0.800. The number of aromatic nitrogens is 2. The molecule has 0 aliphatic carbocycles. The second-order valence-corrected chi connectivity index (χ2v) is 5.07. The Hall–Kier alpha value is -1.75. The first-order valence-electron chi connectivity index (χ1n) is 6.14. The molecular formula is C14H14BrN3O. The molecule has 5 heteroatoms. The zero-order chi connectivity index (χ0) is 13.2. The molecule has 3 aromatic rings. The van der Waals surface area contributed by atoms with Gasteiger partial charge in [-0.15, -0.1) is 0 Å². The van der Waals surface area contributed by atoms with Gasteiger partial charge in [-0.3, -0.25) is 0 Å². The fraction of sp³-hybridized carbons (Fsp3) is 0.214. The van der Waals surface area contributed by atoms with Gasteiger partial charge >= 0.3 is 0 Å². The third-order valence-electron chi connectivity index (χ3n) is 3.14. The van der Waals surface area contributed by atoms with Crippen LogP contribution in [0, 0.1) is 0 Å². The molecule has 0 saturated carbocycles. The van der Waals surface area contributed by atoms with E-state index in [9.17, 15) is 0 Å². The van der Waals surface area contributed by atoms with E-state index in [2.05, 4.69) is 36.7 Å². The molecule has 3 rings (SSSR count). The highest BCUT2D eigenvalue weighted by Crippen LogP contribution is 2.22. The number of rotatable bonds is 4. The fourth-order valence-electron chi connectivity index (χ4n) is 2.13. The van der Waals surface area contributed by atoms with Crippen LogP contribution in [0.15, 0.2) is 45.7 Å². The van der Waals surface area contributed by atoms with Crippen LogP contribution in [-0.2, 0) is 12.8 Å². The van der Waals surface area contributed by atoms with E-state index in [-0.39, 0.29) is 0 Å². The highest BCUT2D eigenvalue weighted by atomic mass is 79.9. The predicted molar refractivity (Wildman–Crippen MR) is 78.6 cm³/mol. The van der Waals surface area contributed by atoms with Crippen LogP contribution in [0.25, 0.3) is 5.52 Å². The largest absolute Gasteiger partial charge is 0.469 e. The molecule has 0 fully saturated rings. The van der Waals surface area contributed by atoms with Gasteiger partial charge in [-0.1, -0.05) is 0 Å². The van der Waals surface area contributed by atoms with E-state index in [1.807, 2.05) is 31.4 Å². The van der Waals surface area contributed by atoms with Crippen LogP contribution < -0.4 is 5.32 Å². The maximum absolute atomic E-state index is 5.35. The highest BCUT2D eigenvalue weighted by Gasteiger charge is 2.10. The van der Waals surface area contributed by atoms with Gasteiger partial charge in [-0.05, 0) is 40.2 Å². The first-order valence-corrected chi connectivity index (χ1v) is 6.94. The Kier molecular flexibility index (Phi) is 3.29. The number of furan rings is 1. The Labute approximate surface area is 119 Å². The van der Waals surface area contributed by atoms with E-state index in [1.165, 1.54) is 0 Å². The molecule has 0 saturated heterocycles. The van der Waals surface area contributed by atoms with Gasteiger partial charge in [0, 0.05) is 31.8 Å². The molecule has 0 atom stereocenters. The third kappa shape index (κ3) is 2.38. The monoisotopic (exact) mass is 319 g/mol. The molecule has 0 amide bonds. The van der Waals surface area contributed by atoms with Crippen LogP contribution in [0.4, 0.5) is 5.69 Å². The molecule has 19 heavy (non-hydrogen) atoms. The van der Waals surface area contributed by atoms with Crippen molar-refractivity contribution >= 4 is 27.1 Å². The number of pyridine rings is 1. The maximum atomic E-state index is 5.35. The molecule has 0 spiro atoms. The molecular weight excluding hydrogens is 306 g/mol. The normalized spacial score (nSPS) is 11.1. The van der Waals surface area contributed by atoms with Crippen molar-refractivity contribution in [3.63, 3.8) is 0 Å². The van der Waals surface area contributed by atoms with E-state index in [4.69, 9.17) is 4.42 Å². The number of anilines is 1. The Balaban J connectivity index is 1.91. The van der Waals surface area contributed by atoms with Gasteiger partial charge in [-0.2, -0.15) is 0 Å². The smallest absolute Gasteiger partial charge is 0.132 e. The molecule has 0 unspecified atom stereocenters. The minimum Gasteiger partial charge on any atom is -0.469 e. The third-order valence-corrected chi connectivity index (χ3v) is 3.72. The van der Waals surface area contributed by atoms with Crippen LogP contribution in [0.1, 0.15) is 11.6 Å². The first-order chi connectivity index (χ1) is 9.28. The number of nitrogens with zero attached hydrogens (tertiary/aromatic N) is 2. The van der Waals surface area contributed by atoms with Crippen molar-refractivity contribution in [3.05, 3.63) is 52.9 Å².